The number of carbonyl (C=O) groups is 2. The van der Waals surface area contributed by atoms with Crippen LogP contribution in [0.5, 0.6) is 0 Å². The third kappa shape index (κ3) is 3.20. The number of hydrogen-bond acceptors (Lipinski definition) is 3. The monoisotopic (exact) mass is 348 g/mol. The van der Waals surface area contributed by atoms with Crippen LogP contribution in [0.25, 0.3) is 5.57 Å². The van der Waals surface area contributed by atoms with E-state index in [-0.39, 0.29) is 23.4 Å². The summed E-state index contributed by atoms with van der Waals surface area (Å²) in [4.78, 5) is 28.2. The maximum Gasteiger partial charge on any atom is 0.257 e. The van der Waals surface area contributed by atoms with Gasteiger partial charge in [-0.05, 0) is 31.1 Å². The molecule has 0 radical (unpaired) electrons. The van der Waals surface area contributed by atoms with Gasteiger partial charge in [0.1, 0.15) is 0 Å². The fourth-order valence-electron chi connectivity index (χ4n) is 3.53. The van der Waals surface area contributed by atoms with Crippen molar-refractivity contribution in [1.29, 1.82) is 0 Å². The minimum Gasteiger partial charge on any atom is -0.337 e. The highest BCUT2D eigenvalue weighted by Crippen LogP contribution is 2.37. The van der Waals surface area contributed by atoms with E-state index in [4.69, 9.17) is 0 Å². The predicted octanol–water partition coefficient (Wildman–Crippen LogP) is 3.49. The van der Waals surface area contributed by atoms with E-state index < -0.39 is 0 Å². The summed E-state index contributed by atoms with van der Waals surface area (Å²) in [6.45, 7) is 7.71. The number of Topliss-reactive ketones (excluding diaryl/α,β-unsaturated/α-hetero) is 1. The van der Waals surface area contributed by atoms with Gasteiger partial charge >= 0.3 is 0 Å². The molecule has 0 saturated carbocycles. The first-order valence-electron chi connectivity index (χ1n) is 9.07. The van der Waals surface area contributed by atoms with Crippen molar-refractivity contribution in [2.24, 2.45) is 0 Å². The van der Waals surface area contributed by atoms with E-state index in [0.29, 0.717) is 5.56 Å². The molecule has 1 N–H and O–H groups in total. The molecule has 0 aliphatic heterocycles. The first-order chi connectivity index (χ1) is 12.6. The summed E-state index contributed by atoms with van der Waals surface area (Å²) in [7, 11) is 0. The van der Waals surface area contributed by atoms with Gasteiger partial charge in [0.2, 0.25) is 0 Å². The summed E-state index contributed by atoms with van der Waals surface area (Å²) in [5.41, 5.74) is 3.25. The third-order valence-corrected chi connectivity index (χ3v) is 4.91. The van der Waals surface area contributed by atoms with Crippen molar-refractivity contribution < 1.29 is 9.59 Å². The van der Waals surface area contributed by atoms with Gasteiger partial charge in [0, 0.05) is 11.1 Å². The lowest BCUT2D eigenvalue weighted by Gasteiger charge is -2.27. The van der Waals surface area contributed by atoms with E-state index in [1.165, 1.54) is 0 Å². The molecule has 3 rings (SSSR count). The van der Waals surface area contributed by atoms with Gasteiger partial charge in [0.15, 0.2) is 5.78 Å². The van der Waals surface area contributed by atoms with Crippen molar-refractivity contribution in [2.45, 2.75) is 26.9 Å². The highest BCUT2D eigenvalue weighted by Gasteiger charge is 2.35. The predicted molar refractivity (Wildman–Crippen MR) is 104 cm³/mol. The Morgan fingerprint density at radius 1 is 0.962 bits per heavy atom. The first-order valence-corrected chi connectivity index (χ1v) is 9.07. The average molecular weight is 348 g/mol. The van der Waals surface area contributed by atoms with E-state index in [1.807, 2.05) is 55.5 Å². The number of ketones is 1. The minimum absolute atomic E-state index is 0.140. The van der Waals surface area contributed by atoms with Crippen molar-refractivity contribution >= 4 is 17.3 Å². The molecule has 1 unspecified atom stereocenters. The Hall–Kier alpha value is -2.72. The van der Waals surface area contributed by atoms with Crippen LogP contribution in [-0.4, -0.2) is 35.8 Å². The first kappa shape index (κ1) is 18.1. The Balaban J connectivity index is 2.04. The van der Waals surface area contributed by atoms with Crippen LogP contribution in [-0.2, 0) is 4.79 Å². The molecule has 1 amide bonds. The van der Waals surface area contributed by atoms with Crippen LogP contribution in [0.4, 0.5) is 0 Å². The number of amides is 1. The summed E-state index contributed by atoms with van der Waals surface area (Å²) >= 11 is 0. The smallest absolute Gasteiger partial charge is 0.257 e. The zero-order valence-electron chi connectivity index (χ0n) is 15.5. The maximum absolute atomic E-state index is 13.0. The molecule has 0 bridgehead atoms. The number of rotatable bonds is 6. The summed E-state index contributed by atoms with van der Waals surface area (Å²) in [5.74, 6) is -0.520. The molecule has 4 nitrogen and oxygen atoms in total. The molecular weight excluding hydrogens is 324 g/mol. The van der Waals surface area contributed by atoms with Crippen molar-refractivity contribution in [3.63, 3.8) is 0 Å². The molecule has 0 heterocycles. The van der Waals surface area contributed by atoms with Crippen LogP contribution in [0.2, 0.25) is 0 Å². The molecule has 0 spiro atoms. The van der Waals surface area contributed by atoms with E-state index in [1.54, 1.807) is 6.07 Å². The highest BCUT2D eigenvalue weighted by atomic mass is 16.2. The summed E-state index contributed by atoms with van der Waals surface area (Å²) in [5, 5.41) is 3.00. The van der Waals surface area contributed by atoms with Gasteiger partial charge in [0.25, 0.3) is 5.91 Å². The second-order valence-electron chi connectivity index (χ2n) is 6.36. The normalized spacial score (nSPS) is 14.5. The molecule has 2 aromatic rings. The summed E-state index contributed by atoms with van der Waals surface area (Å²) in [6, 6.07) is 17.1. The fraction of sp³-hybridized carbons (Fsp3) is 0.273. The molecule has 0 fully saturated rings. The van der Waals surface area contributed by atoms with Gasteiger partial charge in [0.05, 0.1) is 11.7 Å². The average Bonchev–Trinajstić information content (AvgIpc) is 2.96. The summed E-state index contributed by atoms with van der Waals surface area (Å²) < 4.78 is 0. The van der Waals surface area contributed by atoms with Crippen molar-refractivity contribution in [2.75, 3.05) is 13.1 Å². The molecule has 1 aliphatic carbocycles. The standard InChI is InChI=1S/C22H24N2O2/c1-4-24(5-2)15(3)23-22(26)20-19(16-11-7-6-8-12-16)17-13-9-10-14-18(17)21(20)25/h6-15H,4-5H2,1-3H3,(H,23,26). The Morgan fingerprint density at radius 3 is 2.15 bits per heavy atom. The topological polar surface area (TPSA) is 49.4 Å². The Morgan fingerprint density at radius 2 is 1.54 bits per heavy atom. The molecule has 0 aromatic heterocycles. The molecule has 134 valence electrons. The molecule has 1 aliphatic rings. The highest BCUT2D eigenvalue weighted by molar-refractivity contribution is 6.36. The summed E-state index contributed by atoms with van der Waals surface area (Å²) in [6.07, 6.45) is -0.140. The van der Waals surface area contributed by atoms with Crippen LogP contribution in [0.15, 0.2) is 60.2 Å². The quantitative estimate of drug-likeness (QED) is 0.642. The van der Waals surface area contributed by atoms with Crippen LogP contribution in [0.3, 0.4) is 0 Å². The Bertz CT molecular complexity index is 851. The molecule has 1 atom stereocenters. The Kier molecular flexibility index (Phi) is 5.33. The van der Waals surface area contributed by atoms with Crippen molar-refractivity contribution in [3.8, 4) is 0 Å². The zero-order chi connectivity index (χ0) is 18.7. The van der Waals surface area contributed by atoms with Crippen LogP contribution in [0, 0.1) is 0 Å². The number of fused-ring (bicyclic) bond motifs is 1. The van der Waals surface area contributed by atoms with Gasteiger partial charge in [-0.3, -0.25) is 14.5 Å². The molecule has 26 heavy (non-hydrogen) atoms. The second kappa shape index (κ2) is 7.67. The Labute approximate surface area is 154 Å². The number of hydrogen-bond donors (Lipinski definition) is 1. The van der Waals surface area contributed by atoms with Crippen LogP contribution in [0.1, 0.15) is 42.3 Å². The van der Waals surface area contributed by atoms with Crippen LogP contribution >= 0.6 is 0 Å². The lowest BCUT2D eigenvalue weighted by molar-refractivity contribution is -0.118. The number of carbonyl (C=O) groups excluding carboxylic acids is 2. The van der Waals surface area contributed by atoms with Gasteiger partial charge in [-0.2, -0.15) is 0 Å². The number of nitrogens with one attached hydrogen (secondary N) is 1. The van der Waals surface area contributed by atoms with E-state index >= 15 is 0 Å². The number of nitrogens with zero attached hydrogens (tertiary/aromatic N) is 1. The minimum atomic E-state index is -0.315. The largest absolute Gasteiger partial charge is 0.337 e. The van der Waals surface area contributed by atoms with E-state index in [2.05, 4.69) is 24.1 Å². The fourth-order valence-corrected chi connectivity index (χ4v) is 3.53. The third-order valence-electron chi connectivity index (χ3n) is 4.91. The lowest BCUT2D eigenvalue weighted by Crippen LogP contribution is -2.47. The van der Waals surface area contributed by atoms with E-state index in [0.717, 1.165) is 29.8 Å². The van der Waals surface area contributed by atoms with Crippen molar-refractivity contribution in [3.05, 3.63) is 76.9 Å². The van der Waals surface area contributed by atoms with Crippen LogP contribution < -0.4 is 5.32 Å². The SMILES string of the molecule is CCN(CC)C(C)NC(=O)C1=C(c2ccccc2)c2ccccc2C1=O. The lowest BCUT2D eigenvalue weighted by atomic mass is 9.97. The second-order valence-corrected chi connectivity index (χ2v) is 6.36. The van der Waals surface area contributed by atoms with Gasteiger partial charge in [-0.25, -0.2) is 0 Å². The van der Waals surface area contributed by atoms with E-state index in [9.17, 15) is 9.59 Å². The molecule has 4 heteroatoms. The van der Waals surface area contributed by atoms with Gasteiger partial charge < -0.3 is 5.32 Å². The molecule has 2 aromatic carbocycles. The van der Waals surface area contributed by atoms with Crippen molar-refractivity contribution in [1.82, 2.24) is 10.2 Å². The number of benzene rings is 2. The maximum atomic E-state index is 13.0. The van der Waals surface area contributed by atoms with Gasteiger partial charge in [-0.15, -0.1) is 0 Å². The zero-order valence-corrected chi connectivity index (χ0v) is 15.5. The molecule has 0 saturated heterocycles. The van der Waals surface area contributed by atoms with Gasteiger partial charge in [-0.1, -0.05) is 68.4 Å². The molecular formula is C22H24N2O2.